The number of rotatable bonds is 6. The molecule has 0 radical (unpaired) electrons. The van der Waals surface area contributed by atoms with Crippen LogP contribution in [0, 0.1) is 0 Å². The molecule has 0 N–H and O–H groups in total. The van der Waals surface area contributed by atoms with Crippen molar-refractivity contribution in [2.45, 2.75) is 38.3 Å². The second-order valence-corrected chi connectivity index (χ2v) is 7.00. The highest BCUT2D eigenvalue weighted by Crippen LogP contribution is 2.18. The molecule has 1 unspecified atom stereocenters. The predicted octanol–water partition coefficient (Wildman–Crippen LogP) is 2.35. The number of hydrogen-bond acceptors (Lipinski definition) is 4. The molecular weight excluding hydrogens is 284 g/mol. The first-order valence-electron chi connectivity index (χ1n) is 7.95. The number of likely N-dealkylation sites (tertiary alicyclic amines) is 1. The van der Waals surface area contributed by atoms with Crippen LogP contribution < -0.4 is 0 Å². The van der Waals surface area contributed by atoms with Crippen LogP contribution in [0.1, 0.15) is 30.6 Å². The van der Waals surface area contributed by atoms with Crippen LogP contribution in [-0.4, -0.2) is 54.6 Å². The van der Waals surface area contributed by atoms with Crippen molar-refractivity contribution in [3.63, 3.8) is 0 Å². The summed E-state index contributed by atoms with van der Waals surface area (Å²) in [6, 6.07) is 4.22. The van der Waals surface area contributed by atoms with Gasteiger partial charge in [0.2, 0.25) is 5.91 Å². The molecule has 2 aliphatic heterocycles. The Hall–Kier alpha value is -0.910. The number of hydrogen-bond donors (Lipinski definition) is 0. The maximum absolute atomic E-state index is 12.4. The van der Waals surface area contributed by atoms with Gasteiger partial charge >= 0.3 is 0 Å². The summed E-state index contributed by atoms with van der Waals surface area (Å²) in [5.41, 5.74) is 0. The Morgan fingerprint density at radius 3 is 2.90 bits per heavy atom. The van der Waals surface area contributed by atoms with E-state index in [-0.39, 0.29) is 5.91 Å². The fraction of sp³-hybridized carbons (Fsp3) is 0.688. The molecule has 21 heavy (non-hydrogen) atoms. The first-order valence-corrected chi connectivity index (χ1v) is 8.83. The Morgan fingerprint density at radius 1 is 1.38 bits per heavy atom. The van der Waals surface area contributed by atoms with Crippen LogP contribution in [0.25, 0.3) is 0 Å². The zero-order valence-corrected chi connectivity index (χ0v) is 13.3. The standard InChI is InChI=1S/C16H24N2O2S/c19-16(18-7-1-2-8-18)13-17(11-14-5-3-9-20-14)12-15-6-4-10-21-15/h4,6,10,14H,1-3,5,7-9,11-13H2. The van der Waals surface area contributed by atoms with E-state index in [1.807, 2.05) is 4.90 Å². The van der Waals surface area contributed by atoms with Crippen molar-refractivity contribution in [1.29, 1.82) is 0 Å². The lowest BCUT2D eigenvalue weighted by atomic mass is 10.2. The average Bonchev–Trinajstić information content (AvgIpc) is 3.22. The predicted molar refractivity (Wildman–Crippen MR) is 84.4 cm³/mol. The van der Waals surface area contributed by atoms with Gasteiger partial charge in [-0.25, -0.2) is 0 Å². The molecule has 1 amide bonds. The molecule has 2 saturated heterocycles. The van der Waals surface area contributed by atoms with E-state index in [1.54, 1.807) is 11.3 Å². The second-order valence-electron chi connectivity index (χ2n) is 5.97. The minimum Gasteiger partial charge on any atom is -0.377 e. The van der Waals surface area contributed by atoms with Crippen LogP contribution in [0.4, 0.5) is 0 Å². The molecule has 0 aliphatic carbocycles. The molecule has 1 aromatic heterocycles. The van der Waals surface area contributed by atoms with Crippen molar-refractivity contribution >= 4 is 17.2 Å². The first kappa shape index (κ1) is 15.0. The summed E-state index contributed by atoms with van der Waals surface area (Å²) >= 11 is 1.76. The van der Waals surface area contributed by atoms with E-state index in [0.717, 1.165) is 58.5 Å². The van der Waals surface area contributed by atoms with Gasteiger partial charge < -0.3 is 9.64 Å². The lowest BCUT2D eigenvalue weighted by Gasteiger charge is -2.26. The molecule has 0 bridgehead atoms. The van der Waals surface area contributed by atoms with Crippen LogP contribution in [-0.2, 0) is 16.1 Å². The fourth-order valence-electron chi connectivity index (χ4n) is 3.14. The lowest BCUT2D eigenvalue weighted by molar-refractivity contribution is -0.131. The van der Waals surface area contributed by atoms with Crippen molar-refractivity contribution in [3.05, 3.63) is 22.4 Å². The van der Waals surface area contributed by atoms with Gasteiger partial charge in [0.1, 0.15) is 0 Å². The normalized spacial score (nSPS) is 22.3. The van der Waals surface area contributed by atoms with Crippen LogP contribution >= 0.6 is 11.3 Å². The fourth-order valence-corrected chi connectivity index (χ4v) is 3.89. The van der Waals surface area contributed by atoms with Gasteiger partial charge in [-0.3, -0.25) is 9.69 Å². The van der Waals surface area contributed by atoms with Crippen LogP contribution in [0.3, 0.4) is 0 Å². The summed E-state index contributed by atoms with van der Waals surface area (Å²) in [4.78, 5) is 18.0. The SMILES string of the molecule is O=C(CN(Cc1cccs1)CC1CCCO1)N1CCCC1. The summed E-state index contributed by atoms with van der Waals surface area (Å²) in [7, 11) is 0. The third-order valence-electron chi connectivity index (χ3n) is 4.26. The molecule has 116 valence electrons. The number of thiophene rings is 1. The van der Waals surface area contributed by atoms with Crippen LogP contribution in [0.15, 0.2) is 17.5 Å². The third kappa shape index (κ3) is 4.28. The Bertz CT molecular complexity index is 437. The van der Waals surface area contributed by atoms with Crippen molar-refractivity contribution < 1.29 is 9.53 Å². The molecule has 1 atom stereocenters. The van der Waals surface area contributed by atoms with Gasteiger partial charge in [-0.05, 0) is 37.1 Å². The molecule has 2 fully saturated rings. The highest BCUT2D eigenvalue weighted by Gasteiger charge is 2.24. The van der Waals surface area contributed by atoms with Gasteiger partial charge in [-0.2, -0.15) is 0 Å². The molecule has 0 saturated carbocycles. The largest absolute Gasteiger partial charge is 0.377 e. The van der Waals surface area contributed by atoms with E-state index >= 15 is 0 Å². The highest BCUT2D eigenvalue weighted by molar-refractivity contribution is 7.09. The van der Waals surface area contributed by atoms with Crippen molar-refractivity contribution in [2.24, 2.45) is 0 Å². The zero-order valence-electron chi connectivity index (χ0n) is 12.5. The molecule has 1 aromatic rings. The van der Waals surface area contributed by atoms with Gasteiger partial charge in [0.15, 0.2) is 0 Å². The number of amides is 1. The van der Waals surface area contributed by atoms with E-state index in [1.165, 1.54) is 4.88 Å². The van der Waals surface area contributed by atoms with Crippen LogP contribution in [0.5, 0.6) is 0 Å². The van der Waals surface area contributed by atoms with Crippen molar-refractivity contribution in [2.75, 3.05) is 32.8 Å². The number of ether oxygens (including phenoxy) is 1. The first-order chi connectivity index (χ1) is 10.3. The van der Waals surface area contributed by atoms with Gasteiger partial charge in [0.05, 0.1) is 12.6 Å². The Labute approximate surface area is 130 Å². The quantitative estimate of drug-likeness (QED) is 0.809. The Morgan fingerprint density at radius 2 is 2.24 bits per heavy atom. The zero-order chi connectivity index (χ0) is 14.5. The average molecular weight is 308 g/mol. The van der Waals surface area contributed by atoms with Gasteiger partial charge in [0.25, 0.3) is 0 Å². The maximum atomic E-state index is 12.4. The minimum atomic E-state index is 0.280. The molecule has 2 aliphatic rings. The molecular formula is C16H24N2O2S. The second kappa shape index (κ2) is 7.38. The van der Waals surface area contributed by atoms with E-state index in [0.29, 0.717) is 12.6 Å². The van der Waals surface area contributed by atoms with Gasteiger partial charge in [0, 0.05) is 37.7 Å². The highest BCUT2D eigenvalue weighted by atomic mass is 32.1. The molecule has 3 rings (SSSR count). The lowest BCUT2D eigenvalue weighted by Crippen LogP contribution is -2.41. The number of nitrogens with zero attached hydrogens (tertiary/aromatic N) is 2. The van der Waals surface area contributed by atoms with Gasteiger partial charge in [-0.15, -0.1) is 11.3 Å². The van der Waals surface area contributed by atoms with E-state index in [9.17, 15) is 4.79 Å². The summed E-state index contributed by atoms with van der Waals surface area (Å²) in [6.07, 6.45) is 4.89. The number of carbonyl (C=O) groups is 1. The van der Waals surface area contributed by atoms with E-state index in [2.05, 4.69) is 22.4 Å². The Kier molecular flexibility index (Phi) is 5.27. The topological polar surface area (TPSA) is 32.8 Å². The maximum Gasteiger partial charge on any atom is 0.236 e. The summed E-state index contributed by atoms with van der Waals surface area (Å²) in [6.45, 7) is 5.00. The summed E-state index contributed by atoms with van der Waals surface area (Å²) in [5.74, 6) is 0.280. The molecule has 0 spiro atoms. The van der Waals surface area contributed by atoms with E-state index < -0.39 is 0 Å². The molecule has 5 heteroatoms. The van der Waals surface area contributed by atoms with Crippen LogP contribution in [0.2, 0.25) is 0 Å². The summed E-state index contributed by atoms with van der Waals surface area (Å²) in [5, 5.41) is 2.10. The third-order valence-corrected chi connectivity index (χ3v) is 5.12. The van der Waals surface area contributed by atoms with Crippen molar-refractivity contribution in [3.8, 4) is 0 Å². The van der Waals surface area contributed by atoms with Gasteiger partial charge in [-0.1, -0.05) is 6.07 Å². The van der Waals surface area contributed by atoms with E-state index in [4.69, 9.17) is 4.74 Å². The molecule has 3 heterocycles. The minimum absolute atomic E-state index is 0.280. The smallest absolute Gasteiger partial charge is 0.236 e. The summed E-state index contributed by atoms with van der Waals surface area (Å²) < 4.78 is 5.75. The number of carbonyl (C=O) groups excluding carboxylic acids is 1. The monoisotopic (exact) mass is 308 g/mol. The molecule has 4 nitrogen and oxygen atoms in total. The molecule has 0 aromatic carbocycles. The van der Waals surface area contributed by atoms with Crippen molar-refractivity contribution in [1.82, 2.24) is 9.80 Å². The Balaban J connectivity index is 1.58.